The van der Waals surface area contributed by atoms with Crippen molar-refractivity contribution in [2.24, 2.45) is 5.92 Å². The van der Waals surface area contributed by atoms with Gasteiger partial charge in [-0.1, -0.05) is 12.2 Å². The lowest BCUT2D eigenvalue weighted by molar-refractivity contribution is -0.117. The summed E-state index contributed by atoms with van der Waals surface area (Å²) in [6.45, 7) is -2.93. The number of ether oxygens (including phenoxy) is 1. The second-order valence-corrected chi connectivity index (χ2v) is 5.61. The largest absolute Gasteiger partial charge is 0.435 e. The molecule has 6 nitrogen and oxygen atoms in total. The number of nitrogens with zero attached hydrogens (tertiary/aromatic N) is 3. The second kappa shape index (κ2) is 8.11. The highest BCUT2D eigenvalue weighted by molar-refractivity contribution is 6.02. The van der Waals surface area contributed by atoms with Crippen LogP contribution < -0.4 is 4.74 Å². The third-order valence-electron chi connectivity index (χ3n) is 3.77. The molecule has 0 spiro atoms. The standard InChI is InChI=1S/C17H13F4N3O3/c18-14(19)16-24-23-15(27-16)10-2-1-9(13(25)7-10)3-4-11-8-12(5-6-22-11)26-17(20)21/h1-2,5-9,14,17H,3-4H2. The van der Waals surface area contributed by atoms with Gasteiger partial charge in [0.15, 0.2) is 5.78 Å². The van der Waals surface area contributed by atoms with Gasteiger partial charge in [0, 0.05) is 29.4 Å². The SMILES string of the molecule is O=C1C=C(c2nnc(C(F)F)o2)C=CC1CCc1cc(OC(F)F)ccn1. The molecule has 0 saturated carbocycles. The molecule has 27 heavy (non-hydrogen) atoms. The van der Waals surface area contributed by atoms with Crippen molar-refractivity contribution < 1.29 is 31.5 Å². The number of aromatic nitrogens is 3. The maximum Gasteiger partial charge on any atom is 0.387 e. The quantitative estimate of drug-likeness (QED) is 0.678. The van der Waals surface area contributed by atoms with Crippen LogP contribution in [-0.4, -0.2) is 27.6 Å². The number of pyridine rings is 1. The molecule has 1 aliphatic rings. The number of carbonyl (C=O) groups is 1. The molecule has 0 amide bonds. The number of rotatable bonds is 7. The Morgan fingerprint density at radius 3 is 2.70 bits per heavy atom. The summed E-state index contributed by atoms with van der Waals surface area (Å²) in [5.74, 6) is -1.70. The van der Waals surface area contributed by atoms with Crippen LogP contribution in [0, 0.1) is 5.92 Å². The fourth-order valence-electron chi connectivity index (χ4n) is 2.51. The Labute approximate surface area is 150 Å². The molecule has 0 aliphatic heterocycles. The first-order valence-electron chi connectivity index (χ1n) is 7.88. The highest BCUT2D eigenvalue weighted by atomic mass is 19.3. The molecule has 0 saturated heterocycles. The average Bonchev–Trinajstić information content (AvgIpc) is 3.11. The molecular weight excluding hydrogens is 370 g/mol. The van der Waals surface area contributed by atoms with Gasteiger partial charge in [0.1, 0.15) is 5.75 Å². The van der Waals surface area contributed by atoms with E-state index >= 15 is 0 Å². The van der Waals surface area contributed by atoms with E-state index in [1.807, 2.05) is 0 Å². The zero-order valence-electron chi connectivity index (χ0n) is 13.7. The van der Waals surface area contributed by atoms with E-state index in [0.29, 0.717) is 18.5 Å². The lowest BCUT2D eigenvalue weighted by Crippen LogP contribution is -2.14. The molecule has 142 valence electrons. The molecule has 1 atom stereocenters. The van der Waals surface area contributed by atoms with Gasteiger partial charge in [-0.25, -0.2) is 0 Å². The summed E-state index contributed by atoms with van der Waals surface area (Å²) in [4.78, 5) is 16.3. The monoisotopic (exact) mass is 383 g/mol. The van der Waals surface area contributed by atoms with E-state index < -0.39 is 24.8 Å². The van der Waals surface area contributed by atoms with Crippen LogP contribution >= 0.6 is 0 Å². The molecule has 0 radical (unpaired) electrons. The van der Waals surface area contributed by atoms with Crippen LogP contribution in [0.3, 0.4) is 0 Å². The van der Waals surface area contributed by atoms with E-state index in [2.05, 4.69) is 19.9 Å². The van der Waals surface area contributed by atoms with Crippen molar-refractivity contribution in [3.63, 3.8) is 0 Å². The van der Waals surface area contributed by atoms with Crippen molar-refractivity contribution in [3.8, 4) is 5.75 Å². The van der Waals surface area contributed by atoms with Gasteiger partial charge >= 0.3 is 13.0 Å². The smallest absolute Gasteiger partial charge is 0.387 e. The van der Waals surface area contributed by atoms with Crippen molar-refractivity contribution in [2.45, 2.75) is 25.9 Å². The van der Waals surface area contributed by atoms with Gasteiger partial charge in [-0.15, -0.1) is 10.2 Å². The number of carbonyl (C=O) groups excluding carboxylic acids is 1. The Balaban J connectivity index is 1.61. The lowest BCUT2D eigenvalue weighted by atomic mass is 9.91. The van der Waals surface area contributed by atoms with E-state index in [0.717, 1.165) is 0 Å². The molecule has 3 rings (SSSR count). The van der Waals surface area contributed by atoms with E-state index in [1.54, 1.807) is 12.2 Å². The number of aryl methyl sites for hydroxylation is 1. The summed E-state index contributed by atoms with van der Waals surface area (Å²) < 4.78 is 58.6. The van der Waals surface area contributed by atoms with Crippen molar-refractivity contribution in [3.05, 3.63) is 54.0 Å². The fraction of sp³-hybridized carbons (Fsp3) is 0.294. The third-order valence-corrected chi connectivity index (χ3v) is 3.77. The van der Waals surface area contributed by atoms with Gasteiger partial charge in [0.05, 0.1) is 0 Å². The Morgan fingerprint density at radius 1 is 1.22 bits per heavy atom. The van der Waals surface area contributed by atoms with Crippen molar-refractivity contribution in [1.29, 1.82) is 0 Å². The molecule has 2 heterocycles. The number of hydrogen-bond donors (Lipinski definition) is 0. The molecule has 0 N–H and O–H groups in total. The van der Waals surface area contributed by atoms with E-state index in [4.69, 9.17) is 4.42 Å². The molecule has 1 aliphatic carbocycles. The first kappa shape index (κ1) is 18.7. The van der Waals surface area contributed by atoms with Gasteiger partial charge in [-0.05, 0) is 25.0 Å². The summed E-state index contributed by atoms with van der Waals surface area (Å²) in [6, 6.07) is 2.70. The van der Waals surface area contributed by atoms with Gasteiger partial charge in [0.2, 0.25) is 5.89 Å². The highest BCUT2D eigenvalue weighted by Gasteiger charge is 2.23. The van der Waals surface area contributed by atoms with Crippen LogP contribution in [0.4, 0.5) is 17.6 Å². The maximum absolute atomic E-state index is 12.5. The predicted octanol–water partition coefficient (Wildman–Crippen LogP) is 3.77. The minimum Gasteiger partial charge on any atom is -0.435 e. The summed E-state index contributed by atoms with van der Waals surface area (Å²) >= 11 is 0. The Bertz CT molecular complexity index is 880. The molecule has 0 fully saturated rings. The van der Waals surface area contributed by atoms with E-state index in [9.17, 15) is 22.4 Å². The van der Waals surface area contributed by atoms with Gasteiger partial charge in [-0.2, -0.15) is 17.6 Å². The van der Waals surface area contributed by atoms with E-state index in [1.165, 1.54) is 24.4 Å². The number of ketones is 1. The lowest BCUT2D eigenvalue weighted by Gasteiger charge is -2.14. The second-order valence-electron chi connectivity index (χ2n) is 5.61. The summed E-state index contributed by atoms with van der Waals surface area (Å²) in [7, 11) is 0. The van der Waals surface area contributed by atoms with Crippen molar-refractivity contribution >= 4 is 11.4 Å². The number of hydrogen-bond acceptors (Lipinski definition) is 6. The average molecular weight is 383 g/mol. The Kier molecular flexibility index (Phi) is 5.63. The van der Waals surface area contributed by atoms with Crippen LogP contribution in [0.5, 0.6) is 5.75 Å². The molecule has 10 heteroatoms. The van der Waals surface area contributed by atoms with Crippen molar-refractivity contribution in [1.82, 2.24) is 15.2 Å². The molecule has 0 bridgehead atoms. The molecule has 1 unspecified atom stereocenters. The van der Waals surface area contributed by atoms with Crippen LogP contribution in [-0.2, 0) is 11.2 Å². The summed E-state index contributed by atoms with van der Waals surface area (Å²) in [5.41, 5.74) is 0.753. The number of alkyl halides is 4. The fourth-order valence-corrected chi connectivity index (χ4v) is 2.51. The normalized spacial score (nSPS) is 16.9. The molecule has 2 aromatic heterocycles. The Hall–Kier alpha value is -3.04. The van der Waals surface area contributed by atoms with Gasteiger partial charge in [0.25, 0.3) is 5.89 Å². The minimum absolute atomic E-state index is 0.00563. The first-order valence-corrected chi connectivity index (χ1v) is 7.88. The van der Waals surface area contributed by atoms with Gasteiger partial charge < -0.3 is 9.15 Å². The zero-order chi connectivity index (χ0) is 19.4. The summed E-state index contributed by atoms with van der Waals surface area (Å²) in [5, 5.41) is 6.71. The molecule has 0 aromatic carbocycles. The van der Waals surface area contributed by atoms with Crippen LogP contribution in [0.2, 0.25) is 0 Å². The topological polar surface area (TPSA) is 78.1 Å². The van der Waals surface area contributed by atoms with Crippen molar-refractivity contribution in [2.75, 3.05) is 0 Å². The minimum atomic E-state index is -2.93. The summed E-state index contributed by atoms with van der Waals surface area (Å²) in [6.07, 6.45) is 3.59. The number of allylic oxidation sites excluding steroid dienone is 4. The number of halogens is 4. The Morgan fingerprint density at radius 2 is 2.04 bits per heavy atom. The highest BCUT2D eigenvalue weighted by Crippen LogP contribution is 2.26. The van der Waals surface area contributed by atoms with Crippen LogP contribution in [0.15, 0.2) is 41.0 Å². The molecular formula is C17H13F4N3O3. The predicted molar refractivity (Wildman–Crippen MR) is 84.1 cm³/mol. The van der Waals surface area contributed by atoms with E-state index in [-0.39, 0.29) is 23.0 Å². The maximum atomic E-state index is 12.5. The first-order chi connectivity index (χ1) is 12.9. The van der Waals surface area contributed by atoms with Crippen LogP contribution in [0.1, 0.15) is 30.3 Å². The third kappa shape index (κ3) is 4.78. The van der Waals surface area contributed by atoms with Gasteiger partial charge in [-0.3, -0.25) is 9.78 Å². The molecule has 2 aromatic rings. The zero-order valence-corrected chi connectivity index (χ0v) is 13.7. The van der Waals surface area contributed by atoms with Crippen LogP contribution in [0.25, 0.3) is 5.57 Å².